The highest BCUT2D eigenvalue weighted by atomic mass is 35.5. The summed E-state index contributed by atoms with van der Waals surface area (Å²) in [5, 5.41) is 0.492. The molecule has 0 bridgehead atoms. The highest BCUT2D eigenvalue weighted by Gasteiger charge is 2.21. The Kier molecular flexibility index (Phi) is 4.29. The summed E-state index contributed by atoms with van der Waals surface area (Å²) < 4.78 is 33.7. The van der Waals surface area contributed by atoms with E-state index in [0.717, 1.165) is 0 Å². The van der Waals surface area contributed by atoms with Crippen LogP contribution >= 0.6 is 34.8 Å². The third-order valence-corrected chi connectivity index (χ3v) is 5.53. The van der Waals surface area contributed by atoms with Crippen LogP contribution < -0.4 is 10.5 Å². The lowest BCUT2D eigenvalue weighted by Gasteiger charge is -2.10. The third-order valence-electron chi connectivity index (χ3n) is 3.25. The molecule has 0 aliphatic carbocycles. The van der Waals surface area contributed by atoms with Crippen LogP contribution in [-0.4, -0.2) is 13.0 Å². The molecule has 1 aromatic heterocycles. The van der Waals surface area contributed by atoms with Crippen molar-refractivity contribution in [1.82, 2.24) is 4.57 Å². The van der Waals surface area contributed by atoms with Gasteiger partial charge in [-0.2, -0.15) is 0 Å². The first-order valence-corrected chi connectivity index (χ1v) is 9.07. The zero-order valence-electron chi connectivity index (χ0n) is 12.0. The molecular weight excluding hydrogens is 399 g/mol. The van der Waals surface area contributed by atoms with Gasteiger partial charge in [0.05, 0.1) is 16.2 Å². The van der Waals surface area contributed by atoms with E-state index in [1.807, 2.05) is 0 Å². The van der Waals surface area contributed by atoms with Crippen molar-refractivity contribution in [3.63, 3.8) is 0 Å². The Morgan fingerprint density at radius 3 is 2.29 bits per heavy atom. The molecule has 3 rings (SSSR count). The van der Waals surface area contributed by atoms with Gasteiger partial charge in [-0.25, -0.2) is 13.2 Å². The van der Waals surface area contributed by atoms with E-state index in [-0.39, 0.29) is 31.2 Å². The number of nitrogens with one attached hydrogen (secondary N) is 1. The maximum Gasteiger partial charge on any atom is 0.419 e. The SMILES string of the molecule is Cn1c(=O)oc2cc(S(=O)(=O)Nc3cc(Cl)cc(Cl)c3)c(Cl)cc21. The van der Waals surface area contributed by atoms with Gasteiger partial charge in [0.15, 0.2) is 5.58 Å². The van der Waals surface area contributed by atoms with Gasteiger partial charge >= 0.3 is 5.76 Å². The van der Waals surface area contributed by atoms with Crippen LogP contribution in [0.25, 0.3) is 11.1 Å². The highest BCUT2D eigenvalue weighted by Crippen LogP contribution is 2.30. The van der Waals surface area contributed by atoms with Gasteiger partial charge in [0.1, 0.15) is 4.90 Å². The number of oxazole rings is 1. The van der Waals surface area contributed by atoms with Crippen molar-refractivity contribution < 1.29 is 12.8 Å². The van der Waals surface area contributed by atoms with Gasteiger partial charge in [-0.3, -0.25) is 9.29 Å². The molecule has 2 aromatic carbocycles. The summed E-state index contributed by atoms with van der Waals surface area (Å²) in [5.74, 6) is -0.620. The van der Waals surface area contributed by atoms with Crippen LogP contribution in [0.5, 0.6) is 0 Å². The van der Waals surface area contributed by atoms with Crippen LogP contribution in [0.1, 0.15) is 0 Å². The van der Waals surface area contributed by atoms with E-state index < -0.39 is 15.8 Å². The second-order valence-corrected chi connectivity index (χ2v) is 7.87. The lowest BCUT2D eigenvalue weighted by atomic mass is 10.3. The highest BCUT2D eigenvalue weighted by molar-refractivity contribution is 7.92. The number of rotatable bonds is 3. The number of nitrogens with zero attached hydrogens (tertiary/aromatic N) is 1. The number of halogens is 3. The number of sulfonamides is 1. The number of benzene rings is 2. The van der Waals surface area contributed by atoms with E-state index in [0.29, 0.717) is 5.52 Å². The van der Waals surface area contributed by atoms with E-state index >= 15 is 0 Å². The predicted molar refractivity (Wildman–Crippen MR) is 93.7 cm³/mol. The van der Waals surface area contributed by atoms with Crippen LogP contribution in [0.3, 0.4) is 0 Å². The summed E-state index contributed by atoms with van der Waals surface area (Å²) in [4.78, 5) is 11.3. The van der Waals surface area contributed by atoms with Crippen LogP contribution in [0.2, 0.25) is 15.1 Å². The fraction of sp³-hybridized carbons (Fsp3) is 0.0714. The van der Waals surface area contributed by atoms with Crippen LogP contribution in [0.15, 0.2) is 44.4 Å². The molecule has 6 nitrogen and oxygen atoms in total. The van der Waals surface area contributed by atoms with E-state index in [9.17, 15) is 13.2 Å². The topological polar surface area (TPSA) is 81.3 Å². The number of aryl methyl sites for hydroxylation is 1. The minimum atomic E-state index is -4.04. The first-order chi connectivity index (χ1) is 11.2. The summed E-state index contributed by atoms with van der Waals surface area (Å²) in [6, 6.07) is 6.81. The van der Waals surface area contributed by atoms with Crippen LogP contribution in [0, 0.1) is 0 Å². The van der Waals surface area contributed by atoms with E-state index in [1.165, 1.54) is 41.9 Å². The van der Waals surface area contributed by atoms with Gasteiger partial charge in [0.2, 0.25) is 0 Å². The second-order valence-electron chi connectivity index (χ2n) is 4.94. The summed E-state index contributed by atoms with van der Waals surface area (Å²) in [6.07, 6.45) is 0. The minimum Gasteiger partial charge on any atom is -0.408 e. The molecule has 10 heteroatoms. The average molecular weight is 408 g/mol. The normalized spacial score (nSPS) is 11.8. The molecule has 0 atom stereocenters. The van der Waals surface area contributed by atoms with Gasteiger partial charge in [-0.1, -0.05) is 34.8 Å². The van der Waals surface area contributed by atoms with Crippen LogP contribution in [0.4, 0.5) is 5.69 Å². The molecule has 0 spiro atoms. The summed E-state index contributed by atoms with van der Waals surface area (Å²) in [6.45, 7) is 0. The van der Waals surface area contributed by atoms with E-state index in [1.54, 1.807) is 0 Å². The van der Waals surface area contributed by atoms with Gasteiger partial charge in [-0.15, -0.1) is 0 Å². The molecule has 1 N–H and O–H groups in total. The molecule has 0 fully saturated rings. The summed E-state index contributed by atoms with van der Waals surface area (Å²) >= 11 is 17.8. The Balaban J connectivity index is 2.11. The van der Waals surface area contributed by atoms with Crippen molar-refractivity contribution in [3.8, 4) is 0 Å². The number of aromatic nitrogens is 1. The maximum absolute atomic E-state index is 12.6. The molecule has 0 unspecified atom stereocenters. The molecule has 0 amide bonds. The zero-order valence-corrected chi connectivity index (χ0v) is 15.1. The summed E-state index contributed by atoms with van der Waals surface area (Å²) in [7, 11) is -2.55. The largest absolute Gasteiger partial charge is 0.419 e. The lowest BCUT2D eigenvalue weighted by molar-refractivity contribution is 0.527. The number of hydrogen-bond acceptors (Lipinski definition) is 4. The van der Waals surface area contributed by atoms with Crippen molar-refractivity contribution in [2.75, 3.05) is 4.72 Å². The Labute approximate surface area is 151 Å². The smallest absolute Gasteiger partial charge is 0.408 e. The van der Waals surface area contributed by atoms with Gasteiger partial charge < -0.3 is 4.42 Å². The van der Waals surface area contributed by atoms with Crippen molar-refractivity contribution in [3.05, 3.63) is 56.0 Å². The molecule has 0 aliphatic heterocycles. The molecule has 126 valence electrons. The number of hydrogen-bond donors (Lipinski definition) is 1. The lowest BCUT2D eigenvalue weighted by Crippen LogP contribution is -2.13. The second kappa shape index (κ2) is 6.00. The first kappa shape index (κ1) is 17.2. The molecule has 0 aliphatic rings. The molecule has 1 heterocycles. The summed E-state index contributed by atoms with van der Waals surface area (Å²) in [5.41, 5.74) is 0.671. The minimum absolute atomic E-state index is 0.0560. The monoisotopic (exact) mass is 406 g/mol. The zero-order chi connectivity index (χ0) is 17.6. The fourth-order valence-electron chi connectivity index (χ4n) is 2.16. The Morgan fingerprint density at radius 2 is 1.67 bits per heavy atom. The fourth-order valence-corrected chi connectivity index (χ4v) is 4.26. The predicted octanol–water partition coefficient (Wildman–Crippen LogP) is 3.89. The van der Waals surface area contributed by atoms with Crippen LogP contribution in [-0.2, 0) is 17.1 Å². The molecule has 0 saturated carbocycles. The molecule has 0 radical (unpaired) electrons. The molecule has 0 saturated heterocycles. The van der Waals surface area contributed by atoms with Gasteiger partial charge in [-0.05, 0) is 24.3 Å². The van der Waals surface area contributed by atoms with Crippen molar-refractivity contribution in [2.45, 2.75) is 4.90 Å². The Hall–Kier alpha value is -1.67. The quantitative estimate of drug-likeness (QED) is 0.714. The molecule has 24 heavy (non-hydrogen) atoms. The third kappa shape index (κ3) is 3.12. The average Bonchev–Trinajstić information content (AvgIpc) is 2.71. The maximum atomic E-state index is 12.6. The van der Waals surface area contributed by atoms with E-state index in [4.69, 9.17) is 39.2 Å². The Morgan fingerprint density at radius 1 is 1.04 bits per heavy atom. The van der Waals surface area contributed by atoms with E-state index in [2.05, 4.69) is 4.72 Å². The number of fused-ring (bicyclic) bond motifs is 1. The Bertz CT molecular complexity index is 1100. The first-order valence-electron chi connectivity index (χ1n) is 6.45. The number of anilines is 1. The standard InChI is InChI=1S/C14H9Cl3N2O4S/c1-19-11-5-10(17)13(6-12(11)23-14(19)20)24(21,22)18-9-3-7(15)2-8(16)4-9/h2-6,18H,1H3. The van der Waals surface area contributed by atoms with Crippen molar-refractivity contribution in [1.29, 1.82) is 0 Å². The van der Waals surface area contributed by atoms with Crippen molar-refractivity contribution >= 4 is 61.6 Å². The molecular formula is C14H9Cl3N2O4S. The van der Waals surface area contributed by atoms with Gasteiger partial charge in [0, 0.05) is 23.2 Å². The van der Waals surface area contributed by atoms with Gasteiger partial charge in [0.25, 0.3) is 10.0 Å². The van der Waals surface area contributed by atoms with Crippen molar-refractivity contribution in [2.24, 2.45) is 7.05 Å². The molecule has 3 aromatic rings.